The minimum absolute atomic E-state index is 0.555. The van der Waals surface area contributed by atoms with E-state index in [1.54, 1.807) is 6.08 Å². The standard InChI is InChI=1S/C3H6Cl3NSi/c1-2-3-8(5,6)7-4/h2,7H,1,3H2. The Labute approximate surface area is 64.2 Å². The Morgan fingerprint density at radius 1 is 1.62 bits per heavy atom. The molecule has 1 nitrogen and oxygen atoms in total. The normalized spacial score (nSPS) is 11.4. The van der Waals surface area contributed by atoms with Crippen LogP contribution in [0.4, 0.5) is 0 Å². The highest BCUT2D eigenvalue weighted by molar-refractivity contribution is 7.45. The van der Waals surface area contributed by atoms with E-state index in [4.69, 9.17) is 33.9 Å². The molecule has 0 aliphatic heterocycles. The molecule has 0 saturated heterocycles. The van der Waals surface area contributed by atoms with E-state index in [9.17, 15) is 0 Å². The average molecular weight is 191 g/mol. The maximum absolute atomic E-state index is 5.61. The van der Waals surface area contributed by atoms with Crippen molar-refractivity contribution in [3.8, 4) is 0 Å². The van der Waals surface area contributed by atoms with Crippen LogP contribution in [0.25, 0.3) is 0 Å². The van der Waals surface area contributed by atoms with Crippen LogP contribution >= 0.6 is 33.9 Å². The predicted octanol–water partition coefficient (Wildman–Crippen LogP) is 2.33. The first-order valence-electron chi connectivity index (χ1n) is 1.99. The van der Waals surface area contributed by atoms with Crippen molar-refractivity contribution in [1.29, 1.82) is 0 Å². The van der Waals surface area contributed by atoms with Crippen molar-refractivity contribution in [2.75, 3.05) is 0 Å². The first-order valence-corrected chi connectivity index (χ1v) is 6.60. The molecule has 0 spiro atoms. The van der Waals surface area contributed by atoms with Crippen LogP contribution in [0, 0.1) is 0 Å². The molecule has 0 aromatic heterocycles. The second-order valence-electron chi connectivity index (χ2n) is 1.29. The second kappa shape index (κ2) is 3.74. The SMILES string of the molecule is C=CC[Si](Cl)(Cl)NCl. The lowest BCUT2D eigenvalue weighted by molar-refractivity contribution is 1.50. The van der Waals surface area contributed by atoms with Crippen molar-refractivity contribution in [2.24, 2.45) is 0 Å². The number of allylic oxidation sites excluding steroid dienone is 1. The molecule has 0 heterocycles. The summed E-state index contributed by atoms with van der Waals surface area (Å²) in [5, 5.41) is 0. The summed E-state index contributed by atoms with van der Waals surface area (Å²) in [7, 11) is 0. The van der Waals surface area contributed by atoms with Gasteiger partial charge in [0.2, 0.25) is 0 Å². The molecule has 5 heteroatoms. The van der Waals surface area contributed by atoms with Gasteiger partial charge >= 0.3 is 6.86 Å². The predicted molar refractivity (Wildman–Crippen MR) is 41.5 cm³/mol. The van der Waals surface area contributed by atoms with Gasteiger partial charge in [-0.2, -0.15) is 0 Å². The third kappa shape index (κ3) is 3.75. The fourth-order valence-corrected chi connectivity index (χ4v) is 1.55. The van der Waals surface area contributed by atoms with E-state index in [0.717, 1.165) is 0 Å². The van der Waals surface area contributed by atoms with Crippen LogP contribution in [0.1, 0.15) is 0 Å². The smallest absolute Gasteiger partial charge is 0.227 e. The Bertz CT molecular complexity index is 84.6. The van der Waals surface area contributed by atoms with E-state index in [2.05, 4.69) is 11.1 Å². The molecule has 48 valence electrons. The van der Waals surface area contributed by atoms with E-state index in [1.807, 2.05) is 0 Å². The molecule has 0 unspecified atom stereocenters. The maximum Gasteiger partial charge on any atom is 0.339 e. The Kier molecular flexibility index (Phi) is 4.11. The highest BCUT2D eigenvalue weighted by Crippen LogP contribution is 2.16. The Morgan fingerprint density at radius 3 is 2.25 bits per heavy atom. The molecule has 1 N–H and O–H groups in total. The molecule has 0 bridgehead atoms. The van der Waals surface area contributed by atoms with E-state index >= 15 is 0 Å². The van der Waals surface area contributed by atoms with Gasteiger partial charge in [-0.05, 0) is 11.8 Å². The van der Waals surface area contributed by atoms with Crippen LogP contribution in [0.3, 0.4) is 0 Å². The Hall–Kier alpha value is 0.787. The molecule has 0 saturated carbocycles. The van der Waals surface area contributed by atoms with Crippen LogP contribution in [0.2, 0.25) is 6.04 Å². The lowest BCUT2D eigenvalue weighted by atomic mass is 10.8. The molecule has 0 fully saturated rings. The topological polar surface area (TPSA) is 12.0 Å². The van der Waals surface area contributed by atoms with Gasteiger partial charge in [0, 0.05) is 6.04 Å². The van der Waals surface area contributed by atoms with Gasteiger partial charge in [-0.1, -0.05) is 6.08 Å². The molecule has 0 rings (SSSR count). The summed E-state index contributed by atoms with van der Waals surface area (Å²) >= 11 is 16.4. The van der Waals surface area contributed by atoms with Gasteiger partial charge in [-0.25, -0.2) is 4.50 Å². The summed E-state index contributed by atoms with van der Waals surface area (Å²) in [5.74, 6) is 0. The first-order chi connectivity index (χ1) is 3.62. The van der Waals surface area contributed by atoms with E-state index in [1.165, 1.54) is 0 Å². The van der Waals surface area contributed by atoms with Crippen molar-refractivity contribution in [3.05, 3.63) is 12.7 Å². The molecular weight excluding hydrogens is 184 g/mol. The van der Waals surface area contributed by atoms with Gasteiger partial charge in [-0.3, -0.25) is 0 Å². The highest BCUT2D eigenvalue weighted by Gasteiger charge is 2.24. The first kappa shape index (κ1) is 8.79. The molecule has 8 heavy (non-hydrogen) atoms. The van der Waals surface area contributed by atoms with Crippen LogP contribution < -0.4 is 4.50 Å². The fourth-order valence-electron chi connectivity index (χ4n) is 0.220. The van der Waals surface area contributed by atoms with Crippen molar-refractivity contribution in [2.45, 2.75) is 6.04 Å². The summed E-state index contributed by atoms with van der Waals surface area (Å²) in [6.45, 7) is 1.13. The van der Waals surface area contributed by atoms with Crippen molar-refractivity contribution in [3.63, 3.8) is 0 Å². The molecule has 0 radical (unpaired) electrons. The lowest BCUT2D eigenvalue weighted by Gasteiger charge is -2.08. The van der Waals surface area contributed by atoms with Gasteiger partial charge in [-0.15, -0.1) is 28.7 Å². The molecule has 0 aromatic carbocycles. The van der Waals surface area contributed by atoms with E-state index in [0.29, 0.717) is 6.04 Å². The Balaban J connectivity index is 3.53. The largest absolute Gasteiger partial charge is 0.339 e. The minimum Gasteiger partial charge on any atom is -0.227 e. The highest BCUT2D eigenvalue weighted by atomic mass is 35.7. The van der Waals surface area contributed by atoms with Gasteiger partial charge in [0.05, 0.1) is 0 Å². The van der Waals surface area contributed by atoms with Crippen LogP contribution in [-0.4, -0.2) is 6.86 Å². The van der Waals surface area contributed by atoms with Crippen molar-refractivity contribution >= 4 is 40.8 Å². The zero-order valence-corrected chi connectivity index (χ0v) is 7.39. The van der Waals surface area contributed by atoms with E-state index in [-0.39, 0.29) is 0 Å². The number of hydrogen-bond acceptors (Lipinski definition) is 1. The number of nitrogens with one attached hydrogen (secondary N) is 1. The molecule has 0 aromatic rings. The maximum atomic E-state index is 5.61. The number of hydrogen-bond donors (Lipinski definition) is 1. The zero-order valence-electron chi connectivity index (χ0n) is 4.13. The van der Waals surface area contributed by atoms with Gasteiger partial charge in [0.1, 0.15) is 0 Å². The summed E-state index contributed by atoms with van der Waals surface area (Å²) in [6.07, 6.45) is 1.64. The Morgan fingerprint density at radius 2 is 2.12 bits per heavy atom. The number of halogens is 3. The minimum atomic E-state index is -2.34. The molecule has 0 aliphatic rings. The van der Waals surface area contributed by atoms with E-state index < -0.39 is 6.86 Å². The van der Waals surface area contributed by atoms with Gasteiger partial charge < -0.3 is 0 Å². The molecule has 0 amide bonds. The average Bonchev–Trinajstić information content (AvgIpc) is 1.67. The van der Waals surface area contributed by atoms with Gasteiger partial charge in [0.15, 0.2) is 0 Å². The third-order valence-corrected chi connectivity index (χ3v) is 4.66. The summed E-state index contributed by atoms with van der Waals surface area (Å²) in [6, 6.07) is 0.555. The second-order valence-corrected chi connectivity index (χ2v) is 8.32. The summed E-state index contributed by atoms with van der Waals surface area (Å²) < 4.78 is 2.31. The van der Waals surface area contributed by atoms with Crippen molar-refractivity contribution < 1.29 is 0 Å². The van der Waals surface area contributed by atoms with Crippen LogP contribution in [0.5, 0.6) is 0 Å². The molecule has 0 atom stereocenters. The zero-order chi connectivity index (χ0) is 6.62. The summed E-state index contributed by atoms with van der Waals surface area (Å²) in [5.41, 5.74) is 0. The van der Waals surface area contributed by atoms with Crippen LogP contribution in [-0.2, 0) is 0 Å². The van der Waals surface area contributed by atoms with Crippen LogP contribution in [0.15, 0.2) is 12.7 Å². The monoisotopic (exact) mass is 189 g/mol. The number of rotatable bonds is 3. The molecule has 0 aliphatic carbocycles. The van der Waals surface area contributed by atoms with Crippen molar-refractivity contribution in [1.82, 2.24) is 4.50 Å². The lowest BCUT2D eigenvalue weighted by Crippen LogP contribution is -2.31. The summed E-state index contributed by atoms with van der Waals surface area (Å²) in [4.78, 5) is 0. The third-order valence-electron chi connectivity index (χ3n) is 0.539. The molecular formula is C3H6Cl3NSi. The van der Waals surface area contributed by atoms with Gasteiger partial charge in [0.25, 0.3) is 0 Å². The quantitative estimate of drug-likeness (QED) is 0.312. The fraction of sp³-hybridized carbons (Fsp3) is 0.333.